The van der Waals surface area contributed by atoms with Crippen molar-refractivity contribution in [3.63, 3.8) is 0 Å². The second-order valence-corrected chi connectivity index (χ2v) is 4.75. The van der Waals surface area contributed by atoms with Crippen molar-refractivity contribution in [2.45, 2.75) is 64.7 Å². The molecule has 0 atom stereocenters. The van der Waals surface area contributed by atoms with Gasteiger partial charge in [0.05, 0.1) is 0 Å². The second kappa shape index (κ2) is 8.28. The van der Waals surface area contributed by atoms with E-state index in [9.17, 15) is 0 Å². The number of nitrogens with one attached hydrogen (secondary N) is 1. The third kappa shape index (κ3) is 5.64. The fourth-order valence-corrected chi connectivity index (χ4v) is 2.41. The van der Waals surface area contributed by atoms with E-state index in [0.717, 1.165) is 5.92 Å². The molecular formula is C13H27N. The quantitative estimate of drug-likeness (QED) is 0.585. The molecule has 0 radical (unpaired) electrons. The highest BCUT2D eigenvalue weighted by molar-refractivity contribution is 4.68. The molecule has 0 aromatic heterocycles. The third-order valence-electron chi connectivity index (χ3n) is 3.41. The lowest BCUT2D eigenvalue weighted by atomic mass is 10.0. The SMILES string of the molecule is CCCCCCNCCC1CCCC1. The Labute approximate surface area is 89.7 Å². The Hall–Kier alpha value is -0.0400. The van der Waals surface area contributed by atoms with Crippen molar-refractivity contribution in [1.29, 1.82) is 0 Å². The molecule has 0 spiro atoms. The van der Waals surface area contributed by atoms with Crippen LogP contribution in [-0.4, -0.2) is 13.1 Å². The van der Waals surface area contributed by atoms with Gasteiger partial charge in [-0.05, 0) is 31.8 Å². The summed E-state index contributed by atoms with van der Waals surface area (Å²) in [7, 11) is 0. The van der Waals surface area contributed by atoms with Crippen LogP contribution >= 0.6 is 0 Å². The van der Waals surface area contributed by atoms with Crippen molar-refractivity contribution >= 4 is 0 Å². The molecule has 1 heteroatoms. The average Bonchev–Trinajstić information content (AvgIpc) is 2.69. The molecule has 0 aliphatic heterocycles. The first kappa shape index (κ1) is 12.0. The van der Waals surface area contributed by atoms with Gasteiger partial charge in [-0.25, -0.2) is 0 Å². The summed E-state index contributed by atoms with van der Waals surface area (Å²) in [6.45, 7) is 4.77. The van der Waals surface area contributed by atoms with Crippen molar-refractivity contribution in [3.8, 4) is 0 Å². The van der Waals surface area contributed by atoms with Crippen LogP contribution in [0.15, 0.2) is 0 Å². The number of hydrogen-bond acceptors (Lipinski definition) is 1. The van der Waals surface area contributed by atoms with Crippen LogP contribution in [0.25, 0.3) is 0 Å². The summed E-state index contributed by atoms with van der Waals surface area (Å²) in [6, 6.07) is 0. The van der Waals surface area contributed by atoms with Gasteiger partial charge < -0.3 is 5.32 Å². The molecule has 1 saturated carbocycles. The Morgan fingerprint density at radius 3 is 2.50 bits per heavy atom. The Balaban J connectivity index is 1.75. The molecule has 0 heterocycles. The van der Waals surface area contributed by atoms with Crippen molar-refractivity contribution in [2.75, 3.05) is 13.1 Å². The maximum Gasteiger partial charge on any atom is -0.00463 e. The summed E-state index contributed by atoms with van der Waals surface area (Å²) in [5, 5.41) is 3.57. The maximum absolute atomic E-state index is 3.57. The van der Waals surface area contributed by atoms with Crippen LogP contribution in [0.2, 0.25) is 0 Å². The molecule has 0 unspecified atom stereocenters. The van der Waals surface area contributed by atoms with Crippen molar-refractivity contribution in [3.05, 3.63) is 0 Å². The fraction of sp³-hybridized carbons (Fsp3) is 1.00. The van der Waals surface area contributed by atoms with E-state index in [0.29, 0.717) is 0 Å². The molecule has 1 aliphatic carbocycles. The standard InChI is InChI=1S/C13H27N/c1-2-3-4-7-11-14-12-10-13-8-5-6-9-13/h13-14H,2-12H2,1H3. The second-order valence-electron chi connectivity index (χ2n) is 4.75. The van der Waals surface area contributed by atoms with E-state index in [2.05, 4.69) is 12.2 Å². The normalized spacial score (nSPS) is 17.8. The lowest BCUT2D eigenvalue weighted by Crippen LogP contribution is -2.18. The van der Waals surface area contributed by atoms with E-state index in [1.807, 2.05) is 0 Å². The first-order valence-corrected chi connectivity index (χ1v) is 6.64. The van der Waals surface area contributed by atoms with Gasteiger partial charge >= 0.3 is 0 Å². The first-order valence-electron chi connectivity index (χ1n) is 6.64. The van der Waals surface area contributed by atoms with E-state index >= 15 is 0 Å². The van der Waals surface area contributed by atoms with Gasteiger partial charge in [0.25, 0.3) is 0 Å². The van der Waals surface area contributed by atoms with Crippen LogP contribution < -0.4 is 5.32 Å². The summed E-state index contributed by atoms with van der Waals surface area (Å²) >= 11 is 0. The smallest absolute Gasteiger partial charge is 0.00463 e. The Morgan fingerprint density at radius 1 is 1.00 bits per heavy atom. The minimum Gasteiger partial charge on any atom is -0.317 e. The van der Waals surface area contributed by atoms with Gasteiger partial charge in [-0.1, -0.05) is 51.9 Å². The van der Waals surface area contributed by atoms with E-state index < -0.39 is 0 Å². The molecule has 84 valence electrons. The predicted octanol–water partition coefficient (Wildman–Crippen LogP) is 3.74. The zero-order valence-corrected chi connectivity index (χ0v) is 9.86. The molecule has 0 amide bonds. The zero-order chi connectivity index (χ0) is 10.1. The first-order chi connectivity index (χ1) is 6.93. The summed E-state index contributed by atoms with van der Waals surface area (Å²) in [5.74, 6) is 1.05. The van der Waals surface area contributed by atoms with Gasteiger partial charge in [0.2, 0.25) is 0 Å². The predicted molar refractivity (Wildman–Crippen MR) is 63.6 cm³/mol. The average molecular weight is 197 g/mol. The third-order valence-corrected chi connectivity index (χ3v) is 3.41. The summed E-state index contributed by atoms with van der Waals surface area (Å²) < 4.78 is 0. The number of rotatable bonds is 8. The van der Waals surface area contributed by atoms with Gasteiger partial charge in [-0.15, -0.1) is 0 Å². The van der Waals surface area contributed by atoms with Crippen LogP contribution in [0.4, 0.5) is 0 Å². The molecule has 1 rings (SSSR count). The Kier molecular flexibility index (Phi) is 7.12. The van der Waals surface area contributed by atoms with Crippen LogP contribution in [0.5, 0.6) is 0 Å². The fourth-order valence-electron chi connectivity index (χ4n) is 2.41. The summed E-state index contributed by atoms with van der Waals surface area (Å²) in [4.78, 5) is 0. The van der Waals surface area contributed by atoms with Gasteiger partial charge in [0.15, 0.2) is 0 Å². The highest BCUT2D eigenvalue weighted by atomic mass is 14.8. The number of unbranched alkanes of at least 4 members (excludes halogenated alkanes) is 3. The maximum atomic E-state index is 3.57. The molecule has 1 aliphatic rings. The van der Waals surface area contributed by atoms with Crippen molar-refractivity contribution < 1.29 is 0 Å². The number of hydrogen-bond donors (Lipinski definition) is 1. The summed E-state index contributed by atoms with van der Waals surface area (Å²) in [6.07, 6.45) is 12.9. The molecule has 1 nitrogen and oxygen atoms in total. The van der Waals surface area contributed by atoms with Gasteiger partial charge in [0.1, 0.15) is 0 Å². The van der Waals surface area contributed by atoms with Crippen molar-refractivity contribution in [2.24, 2.45) is 5.92 Å². The molecule has 0 bridgehead atoms. The Morgan fingerprint density at radius 2 is 1.79 bits per heavy atom. The van der Waals surface area contributed by atoms with Crippen LogP contribution in [0.1, 0.15) is 64.7 Å². The van der Waals surface area contributed by atoms with E-state index in [4.69, 9.17) is 0 Å². The van der Waals surface area contributed by atoms with E-state index in [1.54, 1.807) is 0 Å². The van der Waals surface area contributed by atoms with E-state index in [1.165, 1.54) is 70.9 Å². The lowest BCUT2D eigenvalue weighted by molar-refractivity contribution is 0.472. The van der Waals surface area contributed by atoms with Crippen LogP contribution in [0.3, 0.4) is 0 Å². The monoisotopic (exact) mass is 197 g/mol. The van der Waals surface area contributed by atoms with Gasteiger partial charge in [-0.3, -0.25) is 0 Å². The minimum atomic E-state index is 1.05. The van der Waals surface area contributed by atoms with Crippen molar-refractivity contribution in [1.82, 2.24) is 5.32 Å². The topological polar surface area (TPSA) is 12.0 Å². The zero-order valence-electron chi connectivity index (χ0n) is 9.86. The van der Waals surface area contributed by atoms with Crippen LogP contribution in [-0.2, 0) is 0 Å². The summed E-state index contributed by atoms with van der Waals surface area (Å²) in [5.41, 5.74) is 0. The molecule has 1 N–H and O–H groups in total. The molecule has 0 aromatic carbocycles. The Bertz CT molecular complexity index is 116. The minimum absolute atomic E-state index is 1.05. The van der Waals surface area contributed by atoms with Crippen LogP contribution in [0, 0.1) is 5.92 Å². The largest absolute Gasteiger partial charge is 0.317 e. The van der Waals surface area contributed by atoms with Gasteiger partial charge in [-0.2, -0.15) is 0 Å². The molecule has 0 saturated heterocycles. The molecule has 1 fully saturated rings. The van der Waals surface area contributed by atoms with E-state index in [-0.39, 0.29) is 0 Å². The van der Waals surface area contributed by atoms with Gasteiger partial charge in [0, 0.05) is 0 Å². The molecule has 14 heavy (non-hydrogen) atoms. The highest BCUT2D eigenvalue weighted by Gasteiger charge is 2.13. The molecule has 0 aromatic rings. The lowest BCUT2D eigenvalue weighted by Gasteiger charge is -2.09. The molecular weight excluding hydrogens is 170 g/mol. The highest BCUT2D eigenvalue weighted by Crippen LogP contribution is 2.26.